The van der Waals surface area contributed by atoms with Crippen LogP contribution < -0.4 is 5.32 Å². The highest BCUT2D eigenvalue weighted by Gasteiger charge is 2.37. The molecule has 6 heteroatoms. The van der Waals surface area contributed by atoms with Crippen molar-refractivity contribution in [1.29, 1.82) is 0 Å². The molecule has 1 unspecified atom stereocenters. The summed E-state index contributed by atoms with van der Waals surface area (Å²) < 4.78 is 22.7. The third-order valence-electron chi connectivity index (χ3n) is 3.41. The highest BCUT2D eigenvalue weighted by atomic mass is 32.2. The second-order valence-electron chi connectivity index (χ2n) is 4.54. The average Bonchev–Trinajstić information content (AvgIpc) is 2.51. The van der Waals surface area contributed by atoms with Gasteiger partial charge in [-0.1, -0.05) is 0 Å². The molecular formula is C10H18N2O3S. The largest absolute Gasteiger partial charge is 0.337 e. The van der Waals surface area contributed by atoms with E-state index in [4.69, 9.17) is 0 Å². The van der Waals surface area contributed by atoms with Gasteiger partial charge in [0.15, 0.2) is 9.84 Å². The molecule has 2 heterocycles. The number of rotatable bonds is 3. The maximum Gasteiger partial charge on any atom is 0.227 e. The van der Waals surface area contributed by atoms with Gasteiger partial charge in [-0.2, -0.15) is 0 Å². The fourth-order valence-electron chi connectivity index (χ4n) is 2.31. The molecule has 2 aliphatic rings. The van der Waals surface area contributed by atoms with Crippen molar-refractivity contribution in [3.05, 3.63) is 0 Å². The molecule has 0 aromatic heterocycles. The fourth-order valence-corrected chi connectivity index (χ4v) is 4.04. The van der Waals surface area contributed by atoms with Gasteiger partial charge in [0.1, 0.15) is 0 Å². The lowest BCUT2D eigenvalue weighted by atomic mass is 10.0. The van der Waals surface area contributed by atoms with E-state index in [1.807, 2.05) is 11.8 Å². The molecular weight excluding hydrogens is 228 g/mol. The predicted molar refractivity (Wildman–Crippen MR) is 60.8 cm³/mol. The van der Waals surface area contributed by atoms with Crippen molar-refractivity contribution in [3.63, 3.8) is 0 Å². The molecule has 1 amide bonds. The third-order valence-corrected chi connectivity index (χ3v) is 5.17. The number of carbonyl (C=O) groups excluding carboxylic acids is 1. The lowest BCUT2D eigenvalue weighted by molar-refractivity contribution is -0.137. The van der Waals surface area contributed by atoms with Crippen LogP contribution in [0.2, 0.25) is 0 Å². The van der Waals surface area contributed by atoms with E-state index in [1.54, 1.807) is 0 Å². The van der Waals surface area contributed by atoms with Crippen LogP contribution in [0.1, 0.15) is 13.3 Å². The van der Waals surface area contributed by atoms with Crippen molar-refractivity contribution < 1.29 is 13.2 Å². The molecule has 0 aromatic rings. The molecule has 2 aliphatic heterocycles. The van der Waals surface area contributed by atoms with Crippen LogP contribution in [0.25, 0.3) is 0 Å². The third kappa shape index (κ3) is 2.22. The lowest BCUT2D eigenvalue weighted by Gasteiger charge is -2.38. The summed E-state index contributed by atoms with van der Waals surface area (Å²) in [6, 6.07) is 0.265. The average molecular weight is 246 g/mol. The second kappa shape index (κ2) is 4.33. The number of nitrogens with zero attached hydrogens (tertiary/aromatic N) is 1. The summed E-state index contributed by atoms with van der Waals surface area (Å²) >= 11 is 0. The number of hydrogen-bond acceptors (Lipinski definition) is 4. The van der Waals surface area contributed by atoms with Gasteiger partial charge in [0.05, 0.1) is 23.5 Å². The van der Waals surface area contributed by atoms with Crippen LogP contribution in [0.4, 0.5) is 0 Å². The number of likely N-dealkylation sites (N-methyl/N-ethyl adjacent to an activating group) is 1. The van der Waals surface area contributed by atoms with Crippen LogP contribution in [0, 0.1) is 5.92 Å². The Balaban J connectivity index is 2.00. The molecule has 0 radical (unpaired) electrons. The second-order valence-corrected chi connectivity index (χ2v) is 6.77. The highest BCUT2D eigenvalue weighted by Crippen LogP contribution is 2.22. The highest BCUT2D eigenvalue weighted by molar-refractivity contribution is 7.91. The molecule has 16 heavy (non-hydrogen) atoms. The first kappa shape index (κ1) is 11.9. The van der Waals surface area contributed by atoms with Crippen molar-refractivity contribution in [3.8, 4) is 0 Å². The molecule has 0 aromatic carbocycles. The number of amides is 1. The summed E-state index contributed by atoms with van der Waals surface area (Å²) in [4.78, 5) is 14.0. The summed E-state index contributed by atoms with van der Waals surface area (Å²) in [5.41, 5.74) is 0. The van der Waals surface area contributed by atoms with Gasteiger partial charge in [0.25, 0.3) is 0 Å². The number of hydrogen-bond donors (Lipinski definition) is 1. The monoisotopic (exact) mass is 246 g/mol. The maximum atomic E-state index is 12.1. The molecule has 0 aliphatic carbocycles. The van der Waals surface area contributed by atoms with Gasteiger partial charge in [-0.25, -0.2) is 8.42 Å². The molecule has 2 rings (SSSR count). The van der Waals surface area contributed by atoms with Crippen molar-refractivity contribution in [2.24, 2.45) is 5.92 Å². The Morgan fingerprint density at radius 1 is 1.44 bits per heavy atom. The van der Waals surface area contributed by atoms with E-state index in [2.05, 4.69) is 5.32 Å². The van der Waals surface area contributed by atoms with Crippen LogP contribution in [-0.2, 0) is 14.6 Å². The normalized spacial score (nSPS) is 28.7. The summed E-state index contributed by atoms with van der Waals surface area (Å²) in [6.45, 7) is 4.28. The number of nitrogens with one attached hydrogen (secondary N) is 1. The minimum atomic E-state index is -2.96. The van der Waals surface area contributed by atoms with Gasteiger partial charge in [-0.15, -0.1) is 0 Å². The number of sulfone groups is 1. The van der Waals surface area contributed by atoms with Crippen LogP contribution in [0.5, 0.6) is 0 Å². The van der Waals surface area contributed by atoms with Crippen LogP contribution in [-0.4, -0.2) is 56.4 Å². The Bertz CT molecular complexity index is 376. The first-order chi connectivity index (χ1) is 7.53. The zero-order valence-corrected chi connectivity index (χ0v) is 10.3. The molecule has 1 N–H and O–H groups in total. The molecule has 0 spiro atoms. The van der Waals surface area contributed by atoms with Gasteiger partial charge in [0.2, 0.25) is 5.91 Å². The van der Waals surface area contributed by atoms with Crippen molar-refractivity contribution in [1.82, 2.24) is 10.2 Å². The first-order valence-corrected chi connectivity index (χ1v) is 7.57. The van der Waals surface area contributed by atoms with E-state index in [9.17, 15) is 13.2 Å². The fraction of sp³-hybridized carbons (Fsp3) is 0.900. The van der Waals surface area contributed by atoms with Crippen molar-refractivity contribution in [2.75, 3.05) is 31.1 Å². The van der Waals surface area contributed by atoms with E-state index in [-0.39, 0.29) is 29.4 Å². The van der Waals surface area contributed by atoms with E-state index in [1.165, 1.54) is 0 Å². The number of carbonyl (C=O) groups is 1. The quantitative estimate of drug-likeness (QED) is 0.711. The van der Waals surface area contributed by atoms with Gasteiger partial charge in [-0.05, 0) is 13.3 Å². The Morgan fingerprint density at radius 3 is 2.50 bits per heavy atom. The van der Waals surface area contributed by atoms with Gasteiger partial charge < -0.3 is 10.2 Å². The minimum Gasteiger partial charge on any atom is -0.337 e. The topological polar surface area (TPSA) is 66.5 Å². The van der Waals surface area contributed by atoms with Crippen LogP contribution in [0.3, 0.4) is 0 Å². The SMILES string of the molecule is CCN(C(=O)C1CCS(=O)(=O)C1)C1CNC1. The minimum absolute atomic E-state index is 0.0232. The molecule has 92 valence electrons. The van der Waals surface area contributed by atoms with Crippen molar-refractivity contribution >= 4 is 15.7 Å². The Morgan fingerprint density at radius 2 is 2.12 bits per heavy atom. The van der Waals surface area contributed by atoms with Gasteiger partial charge in [0, 0.05) is 19.6 Å². The van der Waals surface area contributed by atoms with E-state index >= 15 is 0 Å². The summed E-state index contributed by atoms with van der Waals surface area (Å²) in [7, 11) is -2.96. The first-order valence-electron chi connectivity index (χ1n) is 5.75. The Kier molecular flexibility index (Phi) is 3.21. The molecule has 2 fully saturated rings. The van der Waals surface area contributed by atoms with E-state index < -0.39 is 9.84 Å². The molecule has 0 bridgehead atoms. The predicted octanol–water partition coefficient (Wildman–Crippen LogP) is -0.759. The Hall–Kier alpha value is -0.620. The summed E-state index contributed by atoms with van der Waals surface area (Å²) in [5, 5.41) is 3.13. The van der Waals surface area contributed by atoms with E-state index in [0.717, 1.165) is 13.1 Å². The molecule has 1 atom stereocenters. The van der Waals surface area contributed by atoms with Crippen LogP contribution >= 0.6 is 0 Å². The standard InChI is InChI=1S/C10H18N2O3S/c1-2-12(9-5-11-6-9)10(13)8-3-4-16(14,15)7-8/h8-9,11H,2-7H2,1H3. The summed E-state index contributed by atoms with van der Waals surface area (Å²) in [6.07, 6.45) is 0.498. The maximum absolute atomic E-state index is 12.1. The molecule has 5 nitrogen and oxygen atoms in total. The smallest absolute Gasteiger partial charge is 0.227 e. The van der Waals surface area contributed by atoms with Crippen LogP contribution in [0.15, 0.2) is 0 Å². The van der Waals surface area contributed by atoms with Crippen molar-refractivity contribution in [2.45, 2.75) is 19.4 Å². The molecule has 2 saturated heterocycles. The van der Waals surface area contributed by atoms with Gasteiger partial charge >= 0.3 is 0 Å². The van der Waals surface area contributed by atoms with Gasteiger partial charge in [-0.3, -0.25) is 4.79 Å². The molecule has 0 saturated carbocycles. The zero-order chi connectivity index (χ0) is 11.8. The van der Waals surface area contributed by atoms with E-state index in [0.29, 0.717) is 13.0 Å². The Labute approximate surface area is 96.1 Å². The summed E-state index contributed by atoms with van der Waals surface area (Å²) in [5.74, 6) is -0.0626. The zero-order valence-electron chi connectivity index (χ0n) is 9.48. The lowest BCUT2D eigenvalue weighted by Crippen LogP contribution is -2.59.